The third kappa shape index (κ3) is 3.92. The lowest BCUT2D eigenvalue weighted by molar-refractivity contribution is -0.605. The fourth-order valence-electron chi connectivity index (χ4n) is 5.51. The molecule has 1 aliphatic heterocycles. The first-order valence-electron chi connectivity index (χ1n) is 11.2. The molecule has 0 spiro atoms. The highest BCUT2D eigenvalue weighted by Crippen LogP contribution is 2.49. The van der Waals surface area contributed by atoms with Gasteiger partial charge in [-0.25, -0.2) is 9.67 Å². The minimum atomic E-state index is -0.400. The Hall–Kier alpha value is -2.52. The number of fused-ring (bicyclic) bond motifs is 3. The van der Waals surface area contributed by atoms with Crippen LogP contribution < -0.4 is 10.0 Å². The first-order chi connectivity index (χ1) is 14.9. The number of carbonyl (C=O) groups is 1. The average molecular weight is 427 g/mol. The average Bonchev–Trinajstić information content (AvgIpc) is 3.39. The fraction of sp³-hybridized carbons (Fsp3) is 0.636. The lowest BCUT2D eigenvalue weighted by atomic mass is 9.99. The predicted molar refractivity (Wildman–Crippen MR) is 113 cm³/mol. The zero-order chi connectivity index (χ0) is 21.6. The van der Waals surface area contributed by atoms with Crippen LogP contribution in [0.4, 0.5) is 0 Å². The topological polar surface area (TPSA) is 99.2 Å². The Labute approximate surface area is 182 Å². The van der Waals surface area contributed by atoms with Crippen molar-refractivity contribution in [2.45, 2.75) is 51.0 Å². The van der Waals surface area contributed by atoms with Crippen LogP contribution in [0.3, 0.4) is 0 Å². The van der Waals surface area contributed by atoms with E-state index in [1.807, 2.05) is 13.8 Å². The predicted octanol–water partition coefficient (Wildman–Crippen LogP) is 1.18. The van der Waals surface area contributed by atoms with Crippen LogP contribution in [-0.2, 0) is 11.2 Å². The number of nitrogens with one attached hydrogen (secondary N) is 1. The fourth-order valence-corrected chi connectivity index (χ4v) is 5.51. The van der Waals surface area contributed by atoms with Crippen molar-refractivity contribution < 1.29 is 14.3 Å². The normalized spacial score (nSPS) is 23.5. The standard InChI is InChI=1S/C22H30N6O3/c1-22(2,14-26-8-10-31-11-9-26)24-21(29)19-17-12-15-4-3-5-16(15)20(17)28(25-19)18-13-27(30)7-6-23-18/h6-7,13,15-16H,3-5,8-12,14H2,1-2H3,(H,24,29)/t15-,16-/m1/s1. The van der Waals surface area contributed by atoms with Crippen molar-refractivity contribution in [2.24, 2.45) is 5.92 Å². The lowest BCUT2D eigenvalue weighted by Gasteiger charge is -2.35. The maximum atomic E-state index is 13.4. The van der Waals surface area contributed by atoms with Gasteiger partial charge in [0.05, 0.1) is 25.1 Å². The van der Waals surface area contributed by atoms with Gasteiger partial charge in [0.1, 0.15) is 0 Å². The molecule has 0 radical (unpaired) electrons. The largest absolute Gasteiger partial charge is 0.619 e. The Kier molecular flexibility index (Phi) is 5.18. The summed E-state index contributed by atoms with van der Waals surface area (Å²) >= 11 is 0. The van der Waals surface area contributed by atoms with Crippen LogP contribution in [0.1, 0.15) is 60.8 Å². The van der Waals surface area contributed by atoms with Crippen molar-refractivity contribution in [3.05, 3.63) is 40.7 Å². The molecule has 0 unspecified atom stereocenters. The van der Waals surface area contributed by atoms with E-state index in [9.17, 15) is 10.0 Å². The number of hydrogen-bond acceptors (Lipinski definition) is 6. The number of aromatic nitrogens is 4. The van der Waals surface area contributed by atoms with Gasteiger partial charge in [0, 0.05) is 36.7 Å². The van der Waals surface area contributed by atoms with Crippen molar-refractivity contribution in [1.29, 1.82) is 0 Å². The van der Waals surface area contributed by atoms with Gasteiger partial charge in [-0.05, 0) is 39.0 Å². The molecule has 0 bridgehead atoms. The van der Waals surface area contributed by atoms with E-state index in [0.717, 1.165) is 61.7 Å². The summed E-state index contributed by atoms with van der Waals surface area (Å²) < 4.78 is 7.90. The molecule has 9 heteroatoms. The highest BCUT2D eigenvalue weighted by atomic mass is 16.5. The van der Waals surface area contributed by atoms with Gasteiger partial charge in [-0.1, -0.05) is 6.42 Å². The van der Waals surface area contributed by atoms with Crippen LogP contribution in [0.25, 0.3) is 5.82 Å². The van der Waals surface area contributed by atoms with Crippen LogP contribution in [0.5, 0.6) is 0 Å². The Bertz CT molecular complexity index is 982. The smallest absolute Gasteiger partial charge is 0.272 e. The number of hydrogen-bond donors (Lipinski definition) is 1. The molecule has 3 heterocycles. The van der Waals surface area contributed by atoms with Crippen LogP contribution in [0.2, 0.25) is 0 Å². The first-order valence-corrected chi connectivity index (χ1v) is 11.2. The summed E-state index contributed by atoms with van der Waals surface area (Å²) in [6.45, 7) is 8.07. The lowest BCUT2D eigenvalue weighted by Crippen LogP contribution is -2.53. The third-order valence-electron chi connectivity index (χ3n) is 6.77. The van der Waals surface area contributed by atoms with Gasteiger partial charge in [-0.3, -0.25) is 9.69 Å². The molecule has 1 saturated heterocycles. The Balaban J connectivity index is 1.44. The number of carbonyl (C=O) groups excluding carboxylic acids is 1. The molecule has 5 rings (SSSR count). The highest BCUT2D eigenvalue weighted by Gasteiger charge is 2.43. The monoisotopic (exact) mass is 426 g/mol. The van der Waals surface area contributed by atoms with Gasteiger partial charge in [0.2, 0.25) is 12.0 Å². The minimum Gasteiger partial charge on any atom is -0.619 e. The zero-order valence-electron chi connectivity index (χ0n) is 18.2. The molecule has 2 fully saturated rings. The van der Waals surface area contributed by atoms with Gasteiger partial charge in [0.25, 0.3) is 5.91 Å². The Morgan fingerprint density at radius 3 is 2.94 bits per heavy atom. The molecule has 2 aromatic heterocycles. The molecule has 3 aliphatic rings. The molecule has 1 saturated carbocycles. The molecule has 2 atom stereocenters. The van der Waals surface area contributed by atoms with Crippen LogP contribution >= 0.6 is 0 Å². The van der Waals surface area contributed by atoms with Crippen molar-refractivity contribution in [2.75, 3.05) is 32.8 Å². The van der Waals surface area contributed by atoms with E-state index >= 15 is 0 Å². The third-order valence-corrected chi connectivity index (χ3v) is 6.77. The quantitative estimate of drug-likeness (QED) is 0.569. The number of rotatable bonds is 5. The van der Waals surface area contributed by atoms with Gasteiger partial charge in [0.15, 0.2) is 11.9 Å². The van der Waals surface area contributed by atoms with E-state index in [1.165, 1.54) is 31.4 Å². The van der Waals surface area contributed by atoms with Gasteiger partial charge >= 0.3 is 0 Å². The number of morpholine rings is 1. The summed E-state index contributed by atoms with van der Waals surface area (Å²) in [4.78, 5) is 20.0. The second-order valence-electron chi connectivity index (χ2n) is 9.63. The summed E-state index contributed by atoms with van der Waals surface area (Å²) in [6, 6.07) is 0. The van der Waals surface area contributed by atoms with Crippen LogP contribution in [-0.4, -0.2) is 64.0 Å². The summed E-state index contributed by atoms with van der Waals surface area (Å²) in [7, 11) is 0. The van der Waals surface area contributed by atoms with E-state index in [2.05, 4.69) is 15.2 Å². The zero-order valence-corrected chi connectivity index (χ0v) is 18.2. The molecule has 166 valence electrons. The molecule has 2 aromatic rings. The van der Waals surface area contributed by atoms with E-state index < -0.39 is 5.54 Å². The Morgan fingerprint density at radius 1 is 1.35 bits per heavy atom. The molecule has 31 heavy (non-hydrogen) atoms. The molecular weight excluding hydrogens is 396 g/mol. The number of amides is 1. The molecule has 0 aromatic carbocycles. The minimum absolute atomic E-state index is 0.154. The van der Waals surface area contributed by atoms with Gasteiger partial charge in [-0.15, -0.1) is 0 Å². The number of nitrogens with zero attached hydrogens (tertiary/aromatic N) is 5. The molecule has 1 amide bonds. The second-order valence-corrected chi connectivity index (χ2v) is 9.63. The van der Waals surface area contributed by atoms with E-state index in [4.69, 9.17) is 9.84 Å². The van der Waals surface area contributed by atoms with Crippen molar-refractivity contribution in [3.63, 3.8) is 0 Å². The van der Waals surface area contributed by atoms with E-state index in [0.29, 0.717) is 23.3 Å². The maximum absolute atomic E-state index is 13.4. The summed E-state index contributed by atoms with van der Waals surface area (Å²) in [6.07, 6.45) is 8.58. The summed E-state index contributed by atoms with van der Waals surface area (Å²) in [5.74, 6) is 1.25. The van der Waals surface area contributed by atoms with E-state index in [1.54, 1.807) is 4.68 Å². The Morgan fingerprint density at radius 2 is 2.16 bits per heavy atom. The van der Waals surface area contributed by atoms with Crippen molar-refractivity contribution in [1.82, 2.24) is 25.0 Å². The molecular formula is C22H30N6O3. The maximum Gasteiger partial charge on any atom is 0.272 e. The number of ether oxygens (including phenoxy) is 1. The molecule has 9 nitrogen and oxygen atoms in total. The molecule has 1 N–H and O–H groups in total. The van der Waals surface area contributed by atoms with Crippen LogP contribution in [0, 0.1) is 11.1 Å². The van der Waals surface area contributed by atoms with E-state index in [-0.39, 0.29) is 5.91 Å². The molecule has 2 aliphatic carbocycles. The van der Waals surface area contributed by atoms with Crippen molar-refractivity contribution >= 4 is 5.91 Å². The highest BCUT2D eigenvalue weighted by molar-refractivity contribution is 5.95. The second kappa shape index (κ2) is 7.87. The summed E-state index contributed by atoms with van der Waals surface area (Å²) in [5, 5.41) is 19.7. The van der Waals surface area contributed by atoms with Gasteiger partial charge < -0.3 is 15.3 Å². The van der Waals surface area contributed by atoms with Gasteiger partial charge in [-0.2, -0.15) is 9.83 Å². The van der Waals surface area contributed by atoms with Crippen molar-refractivity contribution in [3.8, 4) is 5.82 Å². The summed E-state index contributed by atoms with van der Waals surface area (Å²) in [5.41, 5.74) is 2.17. The SMILES string of the molecule is CC(C)(CN1CCOCC1)NC(=O)c1nn(-c2c[n+]([O-])ccn2)c2c1C[C@H]1CCC[C@@H]21. The van der Waals surface area contributed by atoms with Crippen LogP contribution in [0.15, 0.2) is 18.6 Å². The first kappa shape index (κ1) is 20.4.